The highest BCUT2D eigenvalue weighted by Crippen LogP contribution is 2.35. The van der Waals surface area contributed by atoms with Gasteiger partial charge in [-0.1, -0.05) is 41.7 Å². The maximum Gasteiger partial charge on any atom is 0.347 e. The third kappa shape index (κ3) is 4.35. The summed E-state index contributed by atoms with van der Waals surface area (Å²) < 4.78 is 5.43. The Labute approximate surface area is 199 Å². The fourth-order valence-electron chi connectivity index (χ4n) is 4.01. The number of oxazole rings is 1. The maximum absolute atomic E-state index is 11.4. The Bertz CT molecular complexity index is 1300. The van der Waals surface area contributed by atoms with Gasteiger partial charge < -0.3 is 19.5 Å². The fourth-order valence-corrected chi connectivity index (χ4v) is 4.81. The Morgan fingerprint density at radius 3 is 2.59 bits per heavy atom. The summed E-state index contributed by atoms with van der Waals surface area (Å²) in [5.41, 5.74) is 0.976. The summed E-state index contributed by atoms with van der Waals surface area (Å²) in [5.74, 6) is 0.370. The number of aryl methyl sites for hydroxylation is 1. The zero-order valence-electron chi connectivity index (χ0n) is 18.3. The van der Waals surface area contributed by atoms with Crippen LogP contribution in [-0.4, -0.2) is 49.2 Å². The number of nitrogens with one attached hydrogen (secondary N) is 1. The average Bonchev–Trinajstić information content (AvgIpc) is 3.50. The highest BCUT2D eigenvalue weighted by atomic mass is 32.1. The zero-order chi connectivity index (χ0) is 23.7. The number of hydrogen-bond acceptors (Lipinski definition) is 10. The van der Waals surface area contributed by atoms with Crippen LogP contribution in [0.15, 0.2) is 53.4 Å². The van der Waals surface area contributed by atoms with Crippen molar-refractivity contribution in [3.05, 3.63) is 65.1 Å². The maximum atomic E-state index is 11.4. The van der Waals surface area contributed by atoms with Gasteiger partial charge in [0.25, 0.3) is 0 Å². The average molecular weight is 479 g/mol. The lowest BCUT2D eigenvalue weighted by molar-refractivity contribution is 0.0116. The van der Waals surface area contributed by atoms with Gasteiger partial charge in [0, 0.05) is 19.2 Å². The van der Waals surface area contributed by atoms with Crippen LogP contribution in [0.4, 0.5) is 16.9 Å². The second kappa shape index (κ2) is 8.84. The van der Waals surface area contributed by atoms with E-state index < -0.39 is 11.6 Å². The Morgan fingerprint density at radius 1 is 1.18 bits per heavy atom. The van der Waals surface area contributed by atoms with E-state index in [-0.39, 0.29) is 10.8 Å². The minimum Gasteiger partial charge on any atom is -0.477 e. The predicted octanol–water partition coefficient (Wildman–Crippen LogP) is 3.83. The van der Waals surface area contributed by atoms with Crippen molar-refractivity contribution in [2.45, 2.75) is 25.4 Å². The van der Waals surface area contributed by atoms with Crippen molar-refractivity contribution in [1.29, 1.82) is 0 Å². The van der Waals surface area contributed by atoms with Crippen molar-refractivity contribution < 1.29 is 19.4 Å². The van der Waals surface area contributed by atoms with Crippen molar-refractivity contribution in [1.82, 2.24) is 19.9 Å². The third-order valence-electron chi connectivity index (χ3n) is 5.83. The molecule has 4 heterocycles. The van der Waals surface area contributed by atoms with Gasteiger partial charge in [0.15, 0.2) is 17.3 Å². The molecule has 0 spiro atoms. The first-order chi connectivity index (χ1) is 16.4. The van der Waals surface area contributed by atoms with Gasteiger partial charge in [-0.25, -0.2) is 19.7 Å². The van der Waals surface area contributed by atoms with Crippen molar-refractivity contribution in [3.8, 4) is 11.5 Å². The molecule has 4 aromatic rings. The zero-order valence-corrected chi connectivity index (χ0v) is 19.1. The van der Waals surface area contributed by atoms with Crippen LogP contribution >= 0.6 is 11.3 Å². The minimum atomic E-state index is -1.03. The first kappa shape index (κ1) is 22.0. The summed E-state index contributed by atoms with van der Waals surface area (Å²) in [6.45, 7) is 2.83. The van der Waals surface area contributed by atoms with E-state index in [0.29, 0.717) is 54.0 Å². The summed E-state index contributed by atoms with van der Waals surface area (Å²) in [4.78, 5) is 31.0. The van der Waals surface area contributed by atoms with Crippen molar-refractivity contribution in [2.75, 3.05) is 23.3 Å². The number of benzene rings is 1. The van der Waals surface area contributed by atoms with Crippen LogP contribution in [0.25, 0.3) is 11.5 Å². The smallest absolute Gasteiger partial charge is 0.347 e. The molecule has 0 radical (unpaired) electrons. The van der Waals surface area contributed by atoms with Crippen molar-refractivity contribution in [3.63, 3.8) is 0 Å². The molecule has 0 aliphatic carbocycles. The second-order valence-corrected chi connectivity index (χ2v) is 9.05. The lowest BCUT2D eigenvalue weighted by Gasteiger charge is -2.39. The number of piperidine rings is 1. The van der Waals surface area contributed by atoms with E-state index in [1.165, 1.54) is 6.39 Å². The summed E-state index contributed by atoms with van der Waals surface area (Å²) in [6, 6.07) is 11.5. The quantitative estimate of drug-likeness (QED) is 0.375. The molecule has 0 unspecified atom stereocenters. The number of carboxylic acid groups (broad SMARTS) is 1. The van der Waals surface area contributed by atoms with Gasteiger partial charge in [-0.2, -0.15) is 4.98 Å². The number of aromatic carboxylic acids is 1. The fraction of sp³-hybridized carbons (Fsp3) is 0.261. The second-order valence-electron chi connectivity index (χ2n) is 8.05. The molecule has 0 bridgehead atoms. The van der Waals surface area contributed by atoms with Crippen LogP contribution < -0.4 is 10.2 Å². The third-order valence-corrected chi connectivity index (χ3v) is 6.89. The molecule has 10 nitrogen and oxygen atoms in total. The van der Waals surface area contributed by atoms with E-state index in [2.05, 4.69) is 30.2 Å². The summed E-state index contributed by atoms with van der Waals surface area (Å²) in [7, 11) is 0. The molecule has 1 aliphatic heterocycles. The molecule has 34 heavy (non-hydrogen) atoms. The Hall–Kier alpha value is -3.83. The molecule has 11 heteroatoms. The van der Waals surface area contributed by atoms with Crippen LogP contribution in [0.5, 0.6) is 0 Å². The van der Waals surface area contributed by atoms with Crippen LogP contribution in [0.1, 0.15) is 33.8 Å². The number of anilines is 3. The molecule has 0 amide bonds. The first-order valence-corrected chi connectivity index (χ1v) is 11.5. The van der Waals surface area contributed by atoms with Gasteiger partial charge in [0.2, 0.25) is 5.95 Å². The number of aliphatic hydroxyl groups is 1. The minimum absolute atomic E-state index is 0.158. The molecule has 1 fully saturated rings. The summed E-state index contributed by atoms with van der Waals surface area (Å²) >= 11 is 1.02. The molecule has 1 aromatic carbocycles. The lowest BCUT2D eigenvalue weighted by atomic mass is 9.84. The highest BCUT2D eigenvalue weighted by molar-refractivity contribution is 7.17. The van der Waals surface area contributed by atoms with Crippen molar-refractivity contribution in [2.24, 2.45) is 0 Å². The van der Waals surface area contributed by atoms with Gasteiger partial charge in [-0.05, 0) is 25.3 Å². The highest BCUT2D eigenvalue weighted by Gasteiger charge is 2.34. The number of hydrogen-bond donors (Lipinski definition) is 3. The Morgan fingerprint density at radius 2 is 1.94 bits per heavy atom. The van der Waals surface area contributed by atoms with Crippen LogP contribution in [0.2, 0.25) is 0 Å². The van der Waals surface area contributed by atoms with Crippen molar-refractivity contribution >= 4 is 34.2 Å². The largest absolute Gasteiger partial charge is 0.477 e. The topological polar surface area (TPSA) is 138 Å². The molecule has 0 saturated carbocycles. The van der Waals surface area contributed by atoms with Crippen LogP contribution in [-0.2, 0) is 5.60 Å². The molecule has 174 valence electrons. The number of rotatable bonds is 6. The number of nitrogens with zero attached hydrogens (tertiary/aromatic N) is 5. The molecule has 5 rings (SSSR count). The Kier molecular flexibility index (Phi) is 5.72. The standard InChI is InChI=1S/C23H22N6O4S/c1-14-19(20(30)31)34-22(25-14)28-21-26-16(17-12-24-13-33-17)11-18(27-21)29-9-7-23(32,8-10-29)15-5-3-2-4-6-15/h2-6,11-13,32H,7-10H2,1H3,(H,30,31)(H,25,26,27,28). The Balaban J connectivity index is 1.43. The summed E-state index contributed by atoms with van der Waals surface area (Å²) in [6.07, 6.45) is 3.99. The van der Waals surface area contributed by atoms with Gasteiger partial charge >= 0.3 is 5.97 Å². The monoisotopic (exact) mass is 478 g/mol. The number of carboxylic acids is 1. The van der Waals surface area contributed by atoms with Gasteiger partial charge in [0.1, 0.15) is 16.4 Å². The molecule has 1 saturated heterocycles. The van der Waals surface area contributed by atoms with Gasteiger partial charge in [-0.3, -0.25) is 5.32 Å². The van der Waals surface area contributed by atoms with E-state index in [1.54, 1.807) is 13.1 Å². The van der Waals surface area contributed by atoms with E-state index in [9.17, 15) is 15.0 Å². The normalized spacial score (nSPS) is 15.3. The summed E-state index contributed by atoms with van der Waals surface area (Å²) in [5, 5.41) is 23.9. The van der Waals surface area contributed by atoms with E-state index in [4.69, 9.17) is 4.42 Å². The van der Waals surface area contributed by atoms with Gasteiger partial charge in [0.05, 0.1) is 17.5 Å². The molecule has 1 aliphatic rings. The van der Waals surface area contributed by atoms with Crippen LogP contribution in [0, 0.1) is 6.92 Å². The number of thiazole rings is 1. The molecule has 0 atom stereocenters. The van der Waals surface area contributed by atoms with Gasteiger partial charge in [-0.15, -0.1) is 0 Å². The predicted molar refractivity (Wildman–Crippen MR) is 126 cm³/mol. The van der Waals surface area contributed by atoms with E-state index >= 15 is 0 Å². The van der Waals surface area contributed by atoms with Crippen LogP contribution in [0.3, 0.4) is 0 Å². The number of aromatic nitrogens is 4. The number of carbonyl (C=O) groups is 1. The molecular weight excluding hydrogens is 456 g/mol. The van der Waals surface area contributed by atoms with E-state index in [0.717, 1.165) is 16.9 Å². The SMILES string of the molecule is Cc1nc(Nc2nc(-c3cnco3)cc(N3CCC(O)(c4ccccc4)CC3)n2)sc1C(=O)O. The van der Waals surface area contributed by atoms with E-state index in [1.807, 2.05) is 36.4 Å². The first-order valence-electron chi connectivity index (χ1n) is 10.7. The lowest BCUT2D eigenvalue weighted by Crippen LogP contribution is -2.43. The molecular formula is C23H22N6O4S. The molecule has 3 aromatic heterocycles. The molecule has 3 N–H and O–H groups in total.